The molecule has 0 radical (unpaired) electrons. The van der Waals surface area contributed by atoms with Crippen molar-refractivity contribution in [1.29, 1.82) is 0 Å². The van der Waals surface area contributed by atoms with Crippen molar-refractivity contribution in [3.8, 4) is 11.3 Å². The smallest absolute Gasteiger partial charge is 0.261 e. The molecule has 0 atom stereocenters. The van der Waals surface area contributed by atoms with Crippen molar-refractivity contribution >= 4 is 29.0 Å². The van der Waals surface area contributed by atoms with Crippen LogP contribution in [0.25, 0.3) is 11.3 Å². The Bertz CT molecular complexity index is 1060. The van der Waals surface area contributed by atoms with Crippen molar-refractivity contribution < 1.29 is 9.59 Å². The van der Waals surface area contributed by atoms with Crippen molar-refractivity contribution in [3.05, 3.63) is 54.0 Å². The number of hydrogen-bond acceptors (Lipinski definition) is 5. The van der Waals surface area contributed by atoms with Gasteiger partial charge in [0.05, 0.1) is 22.6 Å². The highest BCUT2D eigenvalue weighted by Crippen LogP contribution is 2.38. The van der Waals surface area contributed by atoms with E-state index in [2.05, 4.69) is 9.97 Å². The van der Waals surface area contributed by atoms with E-state index in [4.69, 9.17) is 4.98 Å². The number of nitrogens with zero attached hydrogens (tertiary/aromatic N) is 4. The Labute approximate surface area is 156 Å². The molecule has 1 amide bonds. The highest BCUT2D eigenvalue weighted by molar-refractivity contribution is 6.12. The van der Waals surface area contributed by atoms with Gasteiger partial charge in [0.1, 0.15) is 5.82 Å². The summed E-state index contributed by atoms with van der Waals surface area (Å²) in [6.07, 6.45) is 3.44. The standard InChI is InChI=1S/C20H19N5O2/c1-4-25-18-14(6-5-9-21-18)20(27)24(3)17-8-7-15(23-19(17)25)13-10-16(12(2)26)22-11-13/h5-11,22H,4H2,1-3H3. The van der Waals surface area contributed by atoms with E-state index in [0.717, 1.165) is 11.3 Å². The summed E-state index contributed by atoms with van der Waals surface area (Å²) in [5.41, 5.74) is 3.33. The topological polar surface area (TPSA) is 82.2 Å². The molecule has 4 rings (SSSR count). The Balaban J connectivity index is 1.90. The molecule has 27 heavy (non-hydrogen) atoms. The van der Waals surface area contributed by atoms with Crippen LogP contribution in [0, 0.1) is 0 Å². The number of carbonyl (C=O) groups excluding carboxylic acids is 2. The van der Waals surface area contributed by atoms with Gasteiger partial charge in [0.15, 0.2) is 11.6 Å². The Hall–Kier alpha value is -3.48. The van der Waals surface area contributed by atoms with E-state index in [9.17, 15) is 9.59 Å². The number of ketones is 1. The van der Waals surface area contributed by atoms with Gasteiger partial charge in [-0.2, -0.15) is 0 Å². The van der Waals surface area contributed by atoms with Crippen molar-refractivity contribution in [2.24, 2.45) is 0 Å². The normalized spacial score (nSPS) is 13.2. The largest absolute Gasteiger partial charge is 0.358 e. The Morgan fingerprint density at radius 1 is 1.22 bits per heavy atom. The number of carbonyl (C=O) groups is 2. The lowest BCUT2D eigenvalue weighted by Gasteiger charge is -2.23. The van der Waals surface area contributed by atoms with Crippen LogP contribution in [0.15, 0.2) is 42.7 Å². The molecule has 7 nitrogen and oxygen atoms in total. The Kier molecular flexibility index (Phi) is 3.99. The average Bonchev–Trinajstić information content (AvgIpc) is 3.15. The van der Waals surface area contributed by atoms with Crippen LogP contribution >= 0.6 is 0 Å². The van der Waals surface area contributed by atoms with Crippen LogP contribution in [0.1, 0.15) is 34.7 Å². The van der Waals surface area contributed by atoms with Crippen LogP contribution in [-0.4, -0.2) is 40.2 Å². The monoisotopic (exact) mass is 361 g/mol. The van der Waals surface area contributed by atoms with E-state index >= 15 is 0 Å². The number of amides is 1. The molecule has 1 N–H and O–H groups in total. The van der Waals surface area contributed by atoms with Crippen molar-refractivity contribution in [2.45, 2.75) is 13.8 Å². The first kappa shape index (κ1) is 17.0. The third-order valence-corrected chi connectivity index (χ3v) is 4.72. The minimum atomic E-state index is -0.120. The molecule has 3 aromatic rings. The fourth-order valence-corrected chi connectivity index (χ4v) is 3.28. The molecule has 0 aromatic carbocycles. The molecular weight excluding hydrogens is 342 g/mol. The van der Waals surface area contributed by atoms with Crippen molar-refractivity contribution in [1.82, 2.24) is 15.0 Å². The Morgan fingerprint density at radius 2 is 2.04 bits per heavy atom. The average molecular weight is 361 g/mol. The maximum atomic E-state index is 12.9. The van der Waals surface area contributed by atoms with E-state index in [-0.39, 0.29) is 11.7 Å². The van der Waals surface area contributed by atoms with Crippen LogP contribution in [0.4, 0.5) is 17.3 Å². The van der Waals surface area contributed by atoms with Crippen LogP contribution in [0.3, 0.4) is 0 Å². The predicted octanol–water partition coefficient (Wildman–Crippen LogP) is 3.42. The highest BCUT2D eigenvalue weighted by Gasteiger charge is 2.30. The molecule has 0 spiro atoms. The number of aromatic nitrogens is 3. The summed E-state index contributed by atoms with van der Waals surface area (Å²) in [7, 11) is 1.74. The maximum Gasteiger partial charge on any atom is 0.261 e. The van der Waals surface area contributed by atoms with E-state index in [1.165, 1.54) is 6.92 Å². The van der Waals surface area contributed by atoms with Gasteiger partial charge in [-0.3, -0.25) is 9.59 Å². The highest BCUT2D eigenvalue weighted by atomic mass is 16.2. The number of fused-ring (bicyclic) bond motifs is 2. The molecule has 0 aliphatic carbocycles. The van der Waals surface area contributed by atoms with Gasteiger partial charge < -0.3 is 14.8 Å². The van der Waals surface area contributed by atoms with Crippen molar-refractivity contribution in [3.63, 3.8) is 0 Å². The maximum absolute atomic E-state index is 12.9. The Morgan fingerprint density at radius 3 is 2.74 bits per heavy atom. The molecule has 1 aliphatic heterocycles. The van der Waals surface area contributed by atoms with Crippen molar-refractivity contribution in [2.75, 3.05) is 23.4 Å². The molecule has 0 saturated heterocycles. The summed E-state index contributed by atoms with van der Waals surface area (Å²) in [5, 5.41) is 0. The number of Topliss-reactive ketones (excluding diaryl/α,β-unsaturated/α-hetero) is 1. The molecule has 0 bridgehead atoms. The van der Waals surface area contributed by atoms with E-state index in [1.54, 1.807) is 42.5 Å². The molecular formula is C20H19N5O2. The van der Waals surface area contributed by atoms with Crippen LogP contribution in [0.2, 0.25) is 0 Å². The first-order chi connectivity index (χ1) is 13.0. The molecule has 0 unspecified atom stereocenters. The summed E-state index contributed by atoms with van der Waals surface area (Å²) in [6.45, 7) is 4.12. The zero-order valence-corrected chi connectivity index (χ0v) is 15.4. The van der Waals surface area contributed by atoms with Crippen LogP contribution in [0.5, 0.6) is 0 Å². The van der Waals surface area contributed by atoms with Gasteiger partial charge in [0, 0.05) is 38.5 Å². The second-order valence-electron chi connectivity index (χ2n) is 6.38. The summed E-state index contributed by atoms with van der Waals surface area (Å²) < 4.78 is 0. The lowest BCUT2D eigenvalue weighted by Crippen LogP contribution is -2.25. The van der Waals surface area contributed by atoms with Gasteiger partial charge in [-0.1, -0.05) is 0 Å². The number of H-pyrrole nitrogens is 1. The first-order valence-electron chi connectivity index (χ1n) is 8.72. The zero-order chi connectivity index (χ0) is 19.1. The van der Waals surface area contributed by atoms with Gasteiger partial charge in [0.2, 0.25) is 0 Å². The number of rotatable bonds is 3. The predicted molar refractivity (Wildman–Crippen MR) is 104 cm³/mol. The second kappa shape index (κ2) is 6.35. The number of pyridine rings is 2. The summed E-state index contributed by atoms with van der Waals surface area (Å²) in [4.78, 5) is 40.2. The van der Waals surface area contributed by atoms with E-state index < -0.39 is 0 Å². The molecule has 7 heteroatoms. The summed E-state index contributed by atoms with van der Waals surface area (Å²) in [5.74, 6) is 1.10. The third-order valence-electron chi connectivity index (χ3n) is 4.72. The third kappa shape index (κ3) is 2.68. The molecule has 1 aliphatic rings. The summed E-state index contributed by atoms with van der Waals surface area (Å²) >= 11 is 0. The number of aromatic amines is 1. The minimum Gasteiger partial charge on any atom is -0.358 e. The zero-order valence-electron chi connectivity index (χ0n) is 15.4. The number of anilines is 3. The van der Waals surface area contributed by atoms with E-state index in [0.29, 0.717) is 35.1 Å². The quantitative estimate of drug-likeness (QED) is 0.723. The number of nitrogens with one attached hydrogen (secondary N) is 1. The fourth-order valence-electron chi connectivity index (χ4n) is 3.28. The SMILES string of the molecule is CCN1c2ncccc2C(=O)N(C)c2ccc(-c3c[nH]c(C(C)=O)c3)nc21. The van der Waals surface area contributed by atoms with Crippen LogP contribution < -0.4 is 9.80 Å². The lowest BCUT2D eigenvalue weighted by molar-refractivity contribution is 0.0990. The summed E-state index contributed by atoms with van der Waals surface area (Å²) in [6, 6.07) is 9.06. The molecule has 0 fully saturated rings. The molecule has 0 saturated carbocycles. The van der Waals surface area contributed by atoms with Gasteiger partial charge in [-0.05, 0) is 37.3 Å². The van der Waals surface area contributed by atoms with Gasteiger partial charge in [-0.25, -0.2) is 9.97 Å². The molecule has 4 heterocycles. The van der Waals surface area contributed by atoms with Gasteiger partial charge >= 0.3 is 0 Å². The van der Waals surface area contributed by atoms with Crippen LogP contribution in [-0.2, 0) is 0 Å². The first-order valence-corrected chi connectivity index (χ1v) is 8.72. The lowest BCUT2D eigenvalue weighted by atomic mass is 10.2. The fraction of sp³-hybridized carbons (Fsp3) is 0.200. The van der Waals surface area contributed by atoms with E-state index in [1.807, 2.05) is 24.0 Å². The minimum absolute atomic E-state index is 0.0327. The molecule has 3 aromatic heterocycles. The number of hydrogen-bond donors (Lipinski definition) is 1. The van der Waals surface area contributed by atoms with Gasteiger partial charge in [0.25, 0.3) is 5.91 Å². The second-order valence-corrected chi connectivity index (χ2v) is 6.38. The molecule has 136 valence electrons. The van der Waals surface area contributed by atoms with Gasteiger partial charge in [-0.15, -0.1) is 0 Å².